The van der Waals surface area contributed by atoms with Crippen LogP contribution in [-0.2, 0) is 6.54 Å². The van der Waals surface area contributed by atoms with Gasteiger partial charge in [0.2, 0.25) is 0 Å². The molecule has 32 heavy (non-hydrogen) atoms. The summed E-state index contributed by atoms with van der Waals surface area (Å²) < 4.78 is 3.43. The molecule has 160 valence electrons. The molecule has 2 aromatic carbocycles. The van der Waals surface area contributed by atoms with E-state index in [9.17, 15) is 14.9 Å². The lowest BCUT2D eigenvalue weighted by Crippen LogP contribution is -2.33. The van der Waals surface area contributed by atoms with Gasteiger partial charge >= 0.3 is 0 Å². The maximum absolute atomic E-state index is 13.6. The van der Waals surface area contributed by atoms with Gasteiger partial charge in [-0.05, 0) is 30.3 Å². The van der Waals surface area contributed by atoms with Crippen molar-refractivity contribution in [1.29, 1.82) is 0 Å². The molecule has 3 aromatic heterocycles. The molecule has 0 bridgehead atoms. The van der Waals surface area contributed by atoms with Gasteiger partial charge in [-0.15, -0.1) is 11.3 Å². The molecule has 0 unspecified atom stereocenters. The van der Waals surface area contributed by atoms with E-state index in [1.807, 2.05) is 24.4 Å². The van der Waals surface area contributed by atoms with Crippen LogP contribution in [0.15, 0.2) is 60.9 Å². The lowest BCUT2D eigenvalue weighted by atomic mass is 10.2. The Balaban J connectivity index is 1.54. The van der Waals surface area contributed by atoms with E-state index in [1.54, 1.807) is 34.0 Å². The van der Waals surface area contributed by atoms with Gasteiger partial charge < -0.3 is 0 Å². The molecule has 0 fully saturated rings. The summed E-state index contributed by atoms with van der Waals surface area (Å²) in [4.78, 5) is 30.9. The van der Waals surface area contributed by atoms with Crippen molar-refractivity contribution in [3.8, 4) is 0 Å². The summed E-state index contributed by atoms with van der Waals surface area (Å²) in [5, 5.41) is 17.0. The summed E-state index contributed by atoms with van der Waals surface area (Å²) in [6, 6.07) is 13.6. The molecule has 5 aromatic rings. The topological polar surface area (TPSA) is 94.2 Å². The van der Waals surface area contributed by atoms with E-state index < -0.39 is 4.92 Å². The number of halogens is 1. The SMILES string of the molecule is O=C(c1cc2cc([N+](=O)[O-])ccc2s1)N(CCn1cccn1)c1nc2c(Cl)cccc2s1. The highest BCUT2D eigenvalue weighted by atomic mass is 35.5. The number of nitro benzene ring substituents is 1. The minimum absolute atomic E-state index is 0.00866. The normalized spacial score (nSPS) is 11.3. The third-order valence-corrected chi connectivity index (χ3v) is 7.32. The summed E-state index contributed by atoms with van der Waals surface area (Å²) in [6.45, 7) is 0.838. The standard InChI is InChI=1S/C21H14ClN5O3S2/c22-15-3-1-4-17-19(15)24-21(32-17)26(10-9-25-8-2-7-23-25)20(28)18-12-13-11-14(27(29)30)5-6-16(13)31-18/h1-8,11-12H,9-10H2. The first kappa shape index (κ1) is 20.6. The monoisotopic (exact) mass is 483 g/mol. The zero-order chi connectivity index (χ0) is 22.2. The molecule has 0 saturated carbocycles. The van der Waals surface area contributed by atoms with E-state index >= 15 is 0 Å². The van der Waals surface area contributed by atoms with Gasteiger partial charge in [-0.25, -0.2) is 4.98 Å². The van der Waals surface area contributed by atoms with Crippen molar-refractivity contribution >= 4 is 71.3 Å². The predicted molar refractivity (Wildman–Crippen MR) is 127 cm³/mol. The molecule has 5 rings (SSSR count). The number of anilines is 1. The van der Waals surface area contributed by atoms with Gasteiger partial charge in [0.1, 0.15) is 5.52 Å². The Morgan fingerprint density at radius 2 is 2.03 bits per heavy atom. The van der Waals surface area contributed by atoms with Crippen LogP contribution < -0.4 is 4.90 Å². The van der Waals surface area contributed by atoms with Crippen molar-refractivity contribution in [2.45, 2.75) is 6.54 Å². The molecule has 8 nitrogen and oxygen atoms in total. The second-order valence-electron chi connectivity index (χ2n) is 6.90. The number of hydrogen-bond donors (Lipinski definition) is 0. The van der Waals surface area contributed by atoms with Gasteiger partial charge in [-0.2, -0.15) is 5.10 Å². The van der Waals surface area contributed by atoms with E-state index in [4.69, 9.17) is 11.6 Å². The van der Waals surface area contributed by atoms with Crippen LogP contribution in [0.2, 0.25) is 5.02 Å². The summed E-state index contributed by atoms with van der Waals surface area (Å²) >= 11 is 8.98. The predicted octanol–water partition coefficient (Wildman–Crippen LogP) is 5.62. The Hall–Kier alpha value is -3.34. The molecule has 0 spiro atoms. The van der Waals surface area contributed by atoms with Gasteiger partial charge in [0.05, 0.1) is 26.1 Å². The second kappa shape index (κ2) is 8.30. The maximum atomic E-state index is 13.6. The van der Waals surface area contributed by atoms with Crippen LogP contribution in [0, 0.1) is 10.1 Å². The minimum Gasteiger partial charge on any atom is -0.281 e. The Bertz CT molecular complexity index is 1460. The average molecular weight is 484 g/mol. The van der Waals surface area contributed by atoms with E-state index in [0.717, 1.165) is 9.40 Å². The van der Waals surface area contributed by atoms with Gasteiger partial charge in [-0.1, -0.05) is 29.0 Å². The van der Waals surface area contributed by atoms with Gasteiger partial charge in [0.25, 0.3) is 11.6 Å². The molecule has 0 saturated heterocycles. The minimum atomic E-state index is -0.445. The van der Waals surface area contributed by atoms with Crippen LogP contribution in [0.25, 0.3) is 20.3 Å². The third-order valence-electron chi connectivity index (χ3n) is 4.87. The number of aromatic nitrogens is 3. The molecular formula is C21H14ClN5O3S2. The number of benzene rings is 2. The Morgan fingerprint density at radius 3 is 2.78 bits per heavy atom. The highest BCUT2D eigenvalue weighted by molar-refractivity contribution is 7.23. The Morgan fingerprint density at radius 1 is 1.16 bits per heavy atom. The molecular weight excluding hydrogens is 470 g/mol. The fourth-order valence-corrected chi connectivity index (χ4v) is 5.60. The van der Waals surface area contributed by atoms with Crippen molar-refractivity contribution in [2.24, 2.45) is 0 Å². The van der Waals surface area contributed by atoms with Crippen molar-refractivity contribution in [3.05, 3.63) is 80.9 Å². The van der Waals surface area contributed by atoms with Crippen molar-refractivity contribution in [3.63, 3.8) is 0 Å². The smallest absolute Gasteiger partial charge is 0.270 e. The number of rotatable bonds is 6. The molecule has 0 radical (unpaired) electrons. The number of para-hydroxylation sites is 1. The third kappa shape index (κ3) is 3.83. The highest BCUT2D eigenvalue weighted by Crippen LogP contribution is 2.35. The molecule has 0 aliphatic heterocycles. The van der Waals surface area contributed by atoms with Crippen LogP contribution in [0.4, 0.5) is 10.8 Å². The fourth-order valence-electron chi connectivity index (χ4n) is 3.32. The van der Waals surface area contributed by atoms with Crippen LogP contribution in [0.3, 0.4) is 0 Å². The first-order valence-electron chi connectivity index (χ1n) is 9.52. The number of amides is 1. The maximum Gasteiger partial charge on any atom is 0.270 e. The largest absolute Gasteiger partial charge is 0.281 e. The lowest BCUT2D eigenvalue weighted by Gasteiger charge is -2.19. The van der Waals surface area contributed by atoms with Crippen LogP contribution in [0.5, 0.6) is 0 Å². The summed E-state index contributed by atoms with van der Waals surface area (Å²) in [5.74, 6) is -0.226. The zero-order valence-corrected chi connectivity index (χ0v) is 18.7. The number of thiazole rings is 1. The number of nitro groups is 1. The van der Waals surface area contributed by atoms with Crippen LogP contribution in [0.1, 0.15) is 9.67 Å². The zero-order valence-electron chi connectivity index (χ0n) is 16.3. The number of nitrogens with zero attached hydrogens (tertiary/aromatic N) is 5. The lowest BCUT2D eigenvalue weighted by molar-refractivity contribution is -0.384. The molecule has 3 heterocycles. The molecule has 11 heteroatoms. The first-order chi connectivity index (χ1) is 15.5. The number of carbonyl (C=O) groups is 1. The number of non-ortho nitro benzene ring substituents is 1. The number of carbonyl (C=O) groups excluding carboxylic acids is 1. The van der Waals surface area contributed by atoms with Crippen molar-refractivity contribution in [1.82, 2.24) is 14.8 Å². The summed E-state index contributed by atoms with van der Waals surface area (Å²) in [7, 11) is 0. The number of thiophene rings is 1. The van der Waals surface area contributed by atoms with Gasteiger partial charge in [-0.3, -0.25) is 24.5 Å². The first-order valence-corrected chi connectivity index (χ1v) is 11.5. The molecule has 1 amide bonds. The molecule has 0 aliphatic rings. The molecule has 0 aliphatic carbocycles. The molecule has 0 atom stereocenters. The summed E-state index contributed by atoms with van der Waals surface area (Å²) in [6.07, 6.45) is 3.51. The number of fused-ring (bicyclic) bond motifs is 2. The quantitative estimate of drug-likeness (QED) is 0.231. The number of hydrogen-bond acceptors (Lipinski definition) is 7. The highest BCUT2D eigenvalue weighted by Gasteiger charge is 2.24. The van der Waals surface area contributed by atoms with E-state index in [0.29, 0.717) is 39.0 Å². The van der Waals surface area contributed by atoms with E-state index in [-0.39, 0.29) is 11.6 Å². The molecule has 0 N–H and O–H groups in total. The van der Waals surface area contributed by atoms with Gasteiger partial charge in [0, 0.05) is 41.2 Å². The Kier molecular flexibility index (Phi) is 5.33. The van der Waals surface area contributed by atoms with Crippen molar-refractivity contribution < 1.29 is 9.72 Å². The van der Waals surface area contributed by atoms with Gasteiger partial charge in [0.15, 0.2) is 5.13 Å². The average Bonchev–Trinajstić information content (AvgIpc) is 3.52. The van der Waals surface area contributed by atoms with Crippen LogP contribution in [-0.4, -0.2) is 32.1 Å². The van der Waals surface area contributed by atoms with E-state index in [2.05, 4.69) is 10.1 Å². The fraction of sp³-hybridized carbons (Fsp3) is 0.0952. The van der Waals surface area contributed by atoms with Crippen LogP contribution >= 0.6 is 34.3 Å². The van der Waals surface area contributed by atoms with E-state index in [1.165, 1.54) is 34.8 Å². The second-order valence-corrected chi connectivity index (χ2v) is 9.40. The van der Waals surface area contributed by atoms with Crippen molar-refractivity contribution in [2.75, 3.05) is 11.4 Å². The summed E-state index contributed by atoms with van der Waals surface area (Å²) in [5.41, 5.74) is 0.642. The Labute approximate surface area is 194 Å².